The summed E-state index contributed by atoms with van der Waals surface area (Å²) in [6.07, 6.45) is -0.847. The first-order valence-electron chi connectivity index (χ1n) is 4.73. The second-order valence-electron chi connectivity index (χ2n) is 4.11. The molecule has 15 heavy (non-hydrogen) atoms. The third-order valence-corrected chi connectivity index (χ3v) is 3.42. The molecule has 6 heteroatoms. The number of cyclic esters (lactones) is 2. The van der Waals surface area contributed by atoms with E-state index in [9.17, 15) is 14.4 Å². The SMILES string of the molecule is O=C1OC(=O)[C@@H]2[C@H]1[C@H]1O[C@H]2C[C@@H]1C(=O)O. The van der Waals surface area contributed by atoms with Crippen molar-refractivity contribution >= 4 is 17.9 Å². The predicted molar refractivity (Wildman–Crippen MR) is 42.5 cm³/mol. The van der Waals surface area contributed by atoms with Crippen molar-refractivity contribution in [3.63, 3.8) is 0 Å². The highest BCUT2D eigenvalue weighted by Gasteiger charge is 2.66. The van der Waals surface area contributed by atoms with Gasteiger partial charge in [-0.15, -0.1) is 0 Å². The molecule has 5 atom stereocenters. The summed E-state index contributed by atoms with van der Waals surface area (Å²) in [5.41, 5.74) is 0. The first-order valence-corrected chi connectivity index (χ1v) is 4.73. The molecule has 0 unspecified atom stereocenters. The van der Waals surface area contributed by atoms with E-state index < -0.39 is 47.9 Å². The minimum atomic E-state index is -0.979. The molecule has 0 spiro atoms. The summed E-state index contributed by atoms with van der Waals surface area (Å²) < 4.78 is 9.84. The third-order valence-electron chi connectivity index (χ3n) is 3.42. The van der Waals surface area contributed by atoms with Gasteiger partial charge in [0.15, 0.2) is 0 Å². The van der Waals surface area contributed by atoms with Gasteiger partial charge < -0.3 is 14.6 Å². The van der Waals surface area contributed by atoms with Crippen LogP contribution in [0.4, 0.5) is 0 Å². The molecule has 3 rings (SSSR count). The van der Waals surface area contributed by atoms with Gasteiger partial charge in [-0.25, -0.2) is 0 Å². The summed E-state index contributed by atoms with van der Waals surface area (Å²) in [7, 11) is 0. The van der Waals surface area contributed by atoms with Crippen LogP contribution in [0.25, 0.3) is 0 Å². The molecule has 3 aliphatic heterocycles. The number of aliphatic carboxylic acids is 1. The van der Waals surface area contributed by atoms with E-state index >= 15 is 0 Å². The minimum Gasteiger partial charge on any atom is -0.481 e. The molecule has 1 N–H and O–H groups in total. The molecule has 3 fully saturated rings. The van der Waals surface area contributed by atoms with Crippen molar-refractivity contribution in [1.82, 2.24) is 0 Å². The minimum absolute atomic E-state index is 0.295. The van der Waals surface area contributed by atoms with Crippen LogP contribution >= 0.6 is 0 Å². The van der Waals surface area contributed by atoms with E-state index in [4.69, 9.17) is 9.84 Å². The van der Waals surface area contributed by atoms with Crippen LogP contribution in [0.1, 0.15) is 6.42 Å². The average molecular weight is 212 g/mol. The lowest BCUT2D eigenvalue weighted by Crippen LogP contribution is -2.38. The molecule has 0 aromatic rings. The summed E-state index contributed by atoms with van der Waals surface area (Å²) in [5, 5.41) is 8.89. The number of ether oxygens (including phenoxy) is 2. The van der Waals surface area contributed by atoms with Crippen molar-refractivity contribution in [3.05, 3.63) is 0 Å². The van der Waals surface area contributed by atoms with Crippen molar-refractivity contribution in [3.8, 4) is 0 Å². The van der Waals surface area contributed by atoms with Gasteiger partial charge >= 0.3 is 17.9 Å². The number of rotatable bonds is 1. The van der Waals surface area contributed by atoms with Gasteiger partial charge in [-0.2, -0.15) is 0 Å². The Morgan fingerprint density at radius 1 is 1.27 bits per heavy atom. The Hall–Kier alpha value is -1.43. The number of carbonyl (C=O) groups excluding carboxylic acids is 2. The monoisotopic (exact) mass is 212 g/mol. The van der Waals surface area contributed by atoms with Crippen LogP contribution in [0.2, 0.25) is 0 Å². The van der Waals surface area contributed by atoms with Gasteiger partial charge in [-0.05, 0) is 6.42 Å². The zero-order valence-corrected chi connectivity index (χ0v) is 7.58. The predicted octanol–water partition coefficient (Wildman–Crippen LogP) is -0.826. The number of carboxylic acid groups (broad SMARTS) is 1. The summed E-state index contributed by atoms with van der Waals surface area (Å²) >= 11 is 0. The highest BCUT2D eigenvalue weighted by Crippen LogP contribution is 2.50. The maximum absolute atomic E-state index is 11.3. The number of esters is 2. The lowest BCUT2D eigenvalue weighted by atomic mass is 9.75. The second-order valence-corrected chi connectivity index (χ2v) is 4.11. The van der Waals surface area contributed by atoms with E-state index in [1.807, 2.05) is 0 Å². The van der Waals surface area contributed by atoms with Crippen LogP contribution < -0.4 is 0 Å². The van der Waals surface area contributed by atoms with Gasteiger partial charge in [0.1, 0.15) is 5.92 Å². The molecule has 2 bridgehead atoms. The van der Waals surface area contributed by atoms with Crippen LogP contribution in [-0.2, 0) is 23.9 Å². The summed E-state index contributed by atoms with van der Waals surface area (Å²) in [6, 6.07) is 0. The fourth-order valence-electron chi connectivity index (χ4n) is 2.79. The Labute approximate surface area is 84.1 Å². The smallest absolute Gasteiger partial charge is 0.320 e. The maximum atomic E-state index is 11.3. The normalized spacial score (nSPS) is 46.8. The van der Waals surface area contributed by atoms with E-state index in [0.717, 1.165) is 0 Å². The molecule has 0 saturated carbocycles. The standard InChI is InChI=1S/C9H8O6/c10-7(11)2-1-3-4-5(6(2)14-3)9(13)15-8(4)12/h2-6H,1H2,(H,10,11)/t2-,3-,4-,5-,6-/m0/s1. The Kier molecular flexibility index (Phi) is 1.52. The van der Waals surface area contributed by atoms with Crippen LogP contribution in [0, 0.1) is 17.8 Å². The van der Waals surface area contributed by atoms with E-state index in [1.54, 1.807) is 0 Å². The fourth-order valence-corrected chi connectivity index (χ4v) is 2.79. The van der Waals surface area contributed by atoms with E-state index in [2.05, 4.69) is 4.74 Å². The molecule has 0 amide bonds. The molecule has 80 valence electrons. The van der Waals surface area contributed by atoms with E-state index in [1.165, 1.54) is 0 Å². The van der Waals surface area contributed by atoms with Gasteiger partial charge in [0.2, 0.25) is 0 Å². The van der Waals surface area contributed by atoms with Gasteiger partial charge in [-0.3, -0.25) is 14.4 Å². The van der Waals surface area contributed by atoms with Gasteiger partial charge in [0.05, 0.1) is 24.0 Å². The Balaban J connectivity index is 1.95. The summed E-state index contributed by atoms with van der Waals surface area (Å²) in [6.45, 7) is 0. The molecule has 3 aliphatic rings. The largest absolute Gasteiger partial charge is 0.481 e. The molecule has 0 aromatic carbocycles. The lowest BCUT2D eigenvalue weighted by Gasteiger charge is -2.20. The Bertz CT molecular complexity index is 375. The fraction of sp³-hybridized carbons (Fsp3) is 0.667. The van der Waals surface area contributed by atoms with Crippen molar-refractivity contribution in [2.45, 2.75) is 18.6 Å². The summed E-state index contributed by atoms with van der Waals surface area (Å²) in [5.74, 6) is -4.14. The molecule has 0 aliphatic carbocycles. The van der Waals surface area contributed by atoms with Crippen molar-refractivity contribution in [2.75, 3.05) is 0 Å². The molecule has 0 radical (unpaired) electrons. The molecular formula is C9H8O6. The molecule has 6 nitrogen and oxygen atoms in total. The van der Waals surface area contributed by atoms with Crippen LogP contribution in [-0.4, -0.2) is 35.2 Å². The average Bonchev–Trinajstić information content (AvgIpc) is 2.77. The number of hydrogen-bond donors (Lipinski definition) is 1. The van der Waals surface area contributed by atoms with Crippen LogP contribution in [0.3, 0.4) is 0 Å². The van der Waals surface area contributed by atoms with E-state index in [-0.39, 0.29) is 0 Å². The van der Waals surface area contributed by atoms with Crippen molar-refractivity contribution in [2.24, 2.45) is 17.8 Å². The number of carbonyl (C=O) groups is 3. The zero-order valence-electron chi connectivity index (χ0n) is 7.58. The van der Waals surface area contributed by atoms with Crippen molar-refractivity contribution < 1.29 is 29.0 Å². The van der Waals surface area contributed by atoms with Crippen molar-refractivity contribution in [1.29, 1.82) is 0 Å². The van der Waals surface area contributed by atoms with Gasteiger partial charge in [0.25, 0.3) is 0 Å². The van der Waals surface area contributed by atoms with Gasteiger partial charge in [-0.1, -0.05) is 0 Å². The first kappa shape index (κ1) is 8.84. The summed E-state index contributed by atoms with van der Waals surface area (Å²) in [4.78, 5) is 33.4. The molecule has 3 saturated heterocycles. The van der Waals surface area contributed by atoms with E-state index in [0.29, 0.717) is 6.42 Å². The highest BCUT2D eigenvalue weighted by molar-refractivity contribution is 5.98. The van der Waals surface area contributed by atoms with Gasteiger partial charge in [0, 0.05) is 0 Å². The molecule has 0 aromatic heterocycles. The second kappa shape index (κ2) is 2.57. The maximum Gasteiger partial charge on any atom is 0.320 e. The Morgan fingerprint density at radius 2 is 1.93 bits per heavy atom. The number of hydrogen-bond acceptors (Lipinski definition) is 5. The highest BCUT2D eigenvalue weighted by atomic mass is 16.6. The molecule has 3 heterocycles. The topological polar surface area (TPSA) is 89.9 Å². The number of fused-ring (bicyclic) bond motifs is 5. The third kappa shape index (κ3) is 0.944. The first-order chi connectivity index (χ1) is 7.09. The van der Waals surface area contributed by atoms with Crippen LogP contribution in [0.5, 0.6) is 0 Å². The lowest BCUT2D eigenvalue weighted by molar-refractivity contribution is -0.156. The molecular weight excluding hydrogens is 204 g/mol. The Morgan fingerprint density at radius 3 is 2.60 bits per heavy atom. The zero-order chi connectivity index (χ0) is 10.7. The number of carboxylic acids is 1. The quantitative estimate of drug-likeness (QED) is 0.451. The van der Waals surface area contributed by atoms with Crippen LogP contribution in [0.15, 0.2) is 0 Å².